The highest BCUT2D eigenvalue weighted by molar-refractivity contribution is 9.10. The molecule has 2 heterocycles. The molecule has 7 heteroatoms. The molecule has 0 saturated carbocycles. The summed E-state index contributed by atoms with van der Waals surface area (Å²) in [5.74, 6) is 0.556. The van der Waals surface area contributed by atoms with E-state index in [1.54, 1.807) is 11.3 Å². The number of thiophene rings is 1. The number of nitrogens with zero attached hydrogens (tertiary/aromatic N) is 1. The number of amides is 1. The van der Waals surface area contributed by atoms with Gasteiger partial charge in [-0.1, -0.05) is 35.0 Å². The zero-order chi connectivity index (χ0) is 20.4. The minimum absolute atomic E-state index is 0.0193. The average Bonchev–Trinajstić information content (AvgIpc) is 3.10. The van der Waals surface area contributed by atoms with Crippen molar-refractivity contribution in [3.05, 3.63) is 60.9 Å². The van der Waals surface area contributed by atoms with Crippen molar-refractivity contribution in [3.8, 4) is 0 Å². The lowest BCUT2D eigenvalue weighted by atomic mass is 9.97. The molecule has 1 amide bonds. The predicted octanol–water partition coefficient (Wildman–Crippen LogP) is 4.83. The predicted molar refractivity (Wildman–Crippen MR) is 121 cm³/mol. The van der Waals surface area contributed by atoms with Gasteiger partial charge in [-0.2, -0.15) is 0 Å². The highest BCUT2D eigenvalue weighted by Crippen LogP contribution is 2.33. The second-order valence-electron chi connectivity index (χ2n) is 7.48. The molecule has 1 aliphatic carbocycles. The number of hydrogen-bond acceptors (Lipinski definition) is 4. The van der Waals surface area contributed by atoms with Crippen LogP contribution in [0.15, 0.2) is 33.5 Å². The Bertz CT molecular complexity index is 1090. The van der Waals surface area contributed by atoms with Crippen molar-refractivity contribution in [1.82, 2.24) is 15.3 Å². The molecule has 4 rings (SSSR count). The van der Waals surface area contributed by atoms with Gasteiger partial charge in [-0.25, -0.2) is 4.98 Å². The van der Waals surface area contributed by atoms with Gasteiger partial charge in [0.2, 0.25) is 5.91 Å². The first-order valence-corrected chi connectivity index (χ1v) is 11.7. The summed E-state index contributed by atoms with van der Waals surface area (Å²) in [6.07, 6.45) is 5.87. The van der Waals surface area contributed by atoms with Crippen LogP contribution in [0.5, 0.6) is 0 Å². The number of aromatic nitrogens is 2. The number of aryl methyl sites for hydroxylation is 3. The lowest BCUT2D eigenvalue weighted by Gasteiger charge is -2.17. The molecular formula is C22H24BrN3O2S. The van der Waals surface area contributed by atoms with Crippen LogP contribution in [0.3, 0.4) is 0 Å². The molecule has 29 heavy (non-hydrogen) atoms. The summed E-state index contributed by atoms with van der Waals surface area (Å²) in [7, 11) is 0. The van der Waals surface area contributed by atoms with Crippen molar-refractivity contribution < 1.29 is 4.79 Å². The second-order valence-corrected chi connectivity index (χ2v) is 9.48. The van der Waals surface area contributed by atoms with Crippen LogP contribution in [-0.2, 0) is 24.1 Å². The van der Waals surface area contributed by atoms with E-state index in [4.69, 9.17) is 0 Å². The summed E-state index contributed by atoms with van der Waals surface area (Å²) >= 11 is 5.08. The molecule has 5 nitrogen and oxygen atoms in total. The van der Waals surface area contributed by atoms with Crippen molar-refractivity contribution in [2.75, 3.05) is 0 Å². The number of rotatable bonds is 6. The fraction of sp³-hybridized carbons (Fsp3) is 0.409. The van der Waals surface area contributed by atoms with Crippen molar-refractivity contribution in [2.45, 2.75) is 57.9 Å². The SMILES string of the molecule is CCC(NC(=O)CCc1nc2sc3c(c2c(=O)[nH]1)CCCC3)c1ccc(Br)cc1. The fourth-order valence-corrected chi connectivity index (χ4v) is 5.49. The van der Waals surface area contributed by atoms with E-state index in [-0.39, 0.29) is 17.5 Å². The van der Waals surface area contributed by atoms with E-state index in [1.807, 2.05) is 24.3 Å². The highest BCUT2D eigenvalue weighted by atomic mass is 79.9. The Morgan fingerprint density at radius 3 is 2.79 bits per heavy atom. The minimum Gasteiger partial charge on any atom is -0.349 e. The third-order valence-electron chi connectivity index (χ3n) is 5.48. The number of nitrogens with one attached hydrogen (secondary N) is 2. The molecule has 0 fully saturated rings. The van der Waals surface area contributed by atoms with E-state index >= 15 is 0 Å². The van der Waals surface area contributed by atoms with Crippen molar-refractivity contribution >= 4 is 43.4 Å². The van der Waals surface area contributed by atoms with Crippen LogP contribution in [-0.4, -0.2) is 15.9 Å². The Labute approximate surface area is 182 Å². The number of fused-ring (bicyclic) bond motifs is 3. The minimum atomic E-state index is -0.0638. The van der Waals surface area contributed by atoms with Gasteiger partial charge in [0.25, 0.3) is 5.56 Å². The lowest BCUT2D eigenvalue weighted by Crippen LogP contribution is -2.28. The van der Waals surface area contributed by atoms with E-state index in [0.29, 0.717) is 18.7 Å². The number of hydrogen-bond donors (Lipinski definition) is 2. The Morgan fingerprint density at radius 1 is 1.28 bits per heavy atom. The van der Waals surface area contributed by atoms with Crippen LogP contribution in [0.1, 0.15) is 60.5 Å². The number of benzene rings is 1. The van der Waals surface area contributed by atoms with Crippen molar-refractivity contribution in [3.63, 3.8) is 0 Å². The van der Waals surface area contributed by atoms with Crippen LogP contribution in [0, 0.1) is 0 Å². The molecule has 0 aliphatic heterocycles. The molecule has 0 spiro atoms. The number of carbonyl (C=O) groups is 1. The number of halogens is 1. The van der Waals surface area contributed by atoms with E-state index < -0.39 is 0 Å². The average molecular weight is 474 g/mol. The monoisotopic (exact) mass is 473 g/mol. The standard InChI is InChI=1S/C22H24BrN3O2S/c1-2-16(13-7-9-14(23)10-8-13)24-19(27)12-11-18-25-21(28)20-15-5-3-4-6-17(15)29-22(20)26-18/h7-10,16H,2-6,11-12H2,1H3,(H,24,27)(H,25,26,28). The summed E-state index contributed by atoms with van der Waals surface area (Å²) in [5.41, 5.74) is 2.21. The maximum absolute atomic E-state index is 12.6. The van der Waals surface area contributed by atoms with E-state index in [0.717, 1.165) is 45.9 Å². The quantitative estimate of drug-likeness (QED) is 0.538. The molecule has 0 radical (unpaired) electrons. The van der Waals surface area contributed by atoms with Crippen LogP contribution >= 0.6 is 27.3 Å². The first-order chi connectivity index (χ1) is 14.0. The van der Waals surface area contributed by atoms with Gasteiger partial charge in [-0.3, -0.25) is 9.59 Å². The molecule has 1 aromatic carbocycles. The number of H-pyrrole nitrogens is 1. The fourth-order valence-electron chi connectivity index (χ4n) is 3.94. The zero-order valence-corrected chi connectivity index (χ0v) is 18.8. The van der Waals surface area contributed by atoms with E-state index in [9.17, 15) is 9.59 Å². The van der Waals surface area contributed by atoms with Gasteiger partial charge in [0, 0.05) is 22.2 Å². The van der Waals surface area contributed by atoms with Gasteiger partial charge in [0.1, 0.15) is 10.7 Å². The third kappa shape index (κ3) is 4.46. The number of aromatic amines is 1. The van der Waals surface area contributed by atoms with Crippen LogP contribution < -0.4 is 10.9 Å². The molecule has 1 aliphatic rings. The normalized spacial score (nSPS) is 14.6. The van der Waals surface area contributed by atoms with Gasteiger partial charge in [-0.15, -0.1) is 11.3 Å². The van der Waals surface area contributed by atoms with Crippen molar-refractivity contribution in [2.24, 2.45) is 0 Å². The number of carbonyl (C=O) groups excluding carboxylic acids is 1. The molecule has 0 saturated heterocycles. The summed E-state index contributed by atoms with van der Waals surface area (Å²) in [4.78, 5) is 34.8. The van der Waals surface area contributed by atoms with Crippen molar-refractivity contribution in [1.29, 1.82) is 0 Å². The van der Waals surface area contributed by atoms with Gasteiger partial charge >= 0.3 is 0 Å². The smallest absolute Gasteiger partial charge is 0.259 e. The Morgan fingerprint density at radius 2 is 2.03 bits per heavy atom. The molecule has 152 valence electrons. The Hall–Kier alpha value is -1.99. The molecule has 2 N–H and O–H groups in total. The van der Waals surface area contributed by atoms with Crippen LogP contribution in [0.25, 0.3) is 10.2 Å². The first kappa shape index (κ1) is 20.3. The van der Waals surface area contributed by atoms with Gasteiger partial charge < -0.3 is 10.3 Å². The summed E-state index contributed by atoms with van der Waals surface area (Å²) in [6, 6.07) is 7.98. The third-order valence-corrected chi connectivity index (χ3v) is 7.19. The molecular weight excluding hydrogens is 450 g/mol. The Kier molecular flexibility index (Phi) is 6.15. The molecule has 3 aromatic rings. The summed E-state index contributed by atoms with van der Waals surface area (Å²) in [6.45, 7) is 2.05. The van der Waals surface area contributed by atoms with Gasteiger partial charge in [0.05, 0.1) is 11.4 Å². The maximum Gasteiger partial charge on any atom is 0.259 e. The molecule has 2 aromatic heterocycles. The van der Waals surface area contributed by atoms with E-state index in [2.05, 4.69) is 38.1 Å². The maximum atomic E-state index is 12.6. The summed E-state index contributed by atoms with van der Waals surface area (Å²) < 4.78 is 1.02. The van der Waals surface area contributed by atoms with E-state index in [1.165, 1.54) is 16.9 Å². The van der Waals surface area contributed by atoms with Crippen LogP contribution in [0.2, 0.25) is 0 Å². The zero-order valence-electron chi connectivity index (χ0n) is 16.4. The summed E-state index contributed by atoms with van der Waals surface area (Å²) in [5, 5.41) is 3.86. The molecule has 1 unspecified atom stereocenters. The largest absolute Gasteiger partial charge is 0.349 e. The van der Waals surface area contributed by atoms with Gasteiger partial charge in [-0.05, 0) is 55.4 Å². The highest BCUT2D eigenvalue weighted by Gasteiger charge is 2.20. The van der Waals surface area contributed by atoms with Crippen LogP contribution in [0.4, 0.5) is 0 Å². The lowest BCUT2D eigenvalue weighted by molar-refractivity contribution is -0.121. The Balaban J connectivity index is 1.44. The topological polar surface area (TPSA) is 74.8 Å². The molecule has 1 atom stereocenters. The second kappa shape index (κ2) is 8.79. The molecule has 0 bridgehead atoms. The first-order valence-electron chi connectivity index (χ1n) is 10.1. The van der Waals surface area contributed by atoms with Gasteiger partial charge in [0.15, 0.2) is 0 Å².